The molecule has 136 valence electrons. The van der Waals surface area contributed by atoms with E-state index in [1.807, 2.05) is 0 Å². The normalized spacial score (nSPS) is 23.4. The van der Waals surface area contributed by atoms with E-state index in [0.717, 1.165) is 24.2 Å². The third-order valence-corrected chi connectivity index (χ3v) is 8.95. The SMILES string of the molecule is O=C(O)c1csc(S(=O)(=O)N2CCN(C(=O)C3CC4(CC4)C3)CC2)c1. The molecule has 4 rings (SSSR count). The average Bonchev–Trinajstić information content (AvgIpc) is 3.20. The van der Waals surface area contributed by atoms with Crippen LogP contribution in [0.5, 0.6) is 0 Å². The Kier molecular flexibility index (Phi) is 3.93. The molecule has 25 heavy (non-hydrogen) atoms. The molecule has 1 aliphatic heterocycles. The van der Waals surface area contributed by atoms with Gasteiger partial charge in [0.15, 0.2) is 0 Å². The molecule has 1 amide bonds. The predicted molar refractivity (Wildman–Crippen MR) is 91.0 cm³/mol. The summed E-state index contributed by atoms with van der Waals surface area (Å²) in [5.41, 5.74) is 0.461. The molecule has 0 aromatic carbocycles. The fourth-order valence-corrected chi connectivity index (χ4v) is 6.57. The summed E-state index contributed by atoms with van der Waals surface area (Å²) in [5, 5.41) is 10.3. The highest BCUT2D eigenvalue weighted by Gasteiger charge is 2.55. The molecule has 1 N–H and O–H groups in total. The van der Waals surface area contributed by atoms with Crippen LogP contribution in [0, 0.1) is 11.3 Å². The van der Waals surface area contributed by atoms with Crippen LogP contribution in [0.4, 0.5) is 0 Å². The van der Waals surface area contributed by atoms with E-state index in [4.69, 9.17) is 5.11 Å². The third kappa shape index (κ3) is 2.98. The largest absolute Gasteiger partial charge is 0.478 e. The second-order valence-corrected chi connectivity index (χ2v) is 10.4. The number of piperazine rings is 1. The van der Waals surface area contributed by atoms with Crippen molar-refractivity contribution in [2.24, 2.45) is 11.3 Å². The Morgan fingerprint density at radius 3 is 2.32 bits per heavy atom. The lowest BCUT2D eigenvalue weighted by atomic mass is 9.71. The molecule has 0 radical (unpaired) electrons. The molecule has 1 spiro atoms. The molecule has 1 aromatic rings. The summed E-state index contributed by atoms with van der Waals surface area (Å²) in [4.78, 5) is 25.2. The van der Waals surface area contributed by atoms with E-state index >= 15 is 0 Å². The van der Waals surface area contributed by atoms with Crippen LogP contribution in [0.25, 0.3) is 0 Å². The van der Waals surface area contributed by atoms with Crippen molar-refractivity contribution < 1.29 is 23.1 Å². The Morgan fingerprint density at radius 2 is 1.80 bits per heavy atom. The zero-order valence-corrected chi connectivity index (χ0v) is 15.3. The minimum atomic E-state index is -3.69. The van der Waals surface area contributed by atoms with Crippen LogP contribution in [0.3, 0.4) is 0 Å². The molecule has 2 saturated carbocycles. The number of rotatable bonds is 4. The molecule has 2 heterocycles. The standard InChI is InChI=1S/C16H20N2O5S2/c19-14(12-8-16(9-12)1-2-16)17-3-5-18(6-4-17)25(22,23)13-7-11(10-24-13)15(20)21/h7,10,12H,1-6,8-9H2,(H,20,21). The molecule has 2 aliphatic carbocycles. The number of hydrogen-bond donors (Lipinski definition) is 1. The molecule has 0 unspecified atom stereocenters. The lowest BCUT2D eigenvalue weighted by Gasteiger charge is -2.41. The predicted octanol–water partition coefficient (Wildman–Crippen LogP) is 1.47. The lowest BCUT2D eigenvalue weighted by Crippen LogP contribution is -2.53. The molecular weight excluding hydrogens is 364 g/mol. The van der Waals surface area contributed by atoms with Crippen LogP contribution in [-0.2, 0) is 14.8 Å². The quantitative estimate of drug-likeness (QED) is 0.848. The minimum absolute atomic E-state index is 0.0172. The van der Waals surface area contributed by atoms with Gasteiger partial charge in [0.25, 0.3) is 10.0 Å². The monoisotopic (exact) mass is 384 g/mol. The number of carbonyl (C=O) groups excluding carboxylic acids is 1. The van der Waals surface area contributed by atoms with Gasteiger partial charge < -0.3 is 10.0 Å². The number of amides is 1. The van der Waals surface area contributed by atoms with Crippen molar-refractivity contribution >= 4 is 33.2 Å². The van der Waals surface area contributed by atoms with Gasteiger partial charge in [0.05, 0.1) is 5.56 Å². The van der Waals surface area contributed by atoms with Gasteiger partial charge in [-0.25, -0.2) is 13.2 Å². The van der Waals surface area contributed by atoms with E-state index in [0.29, 0.717) is 18.5 Å². The Morgan fingerprint density at radius 1 is 1.16 bits per heavy atom. The molecular formula is C16H20N2O5S2. The van der Waals surface area contributed by atoms with Crippen LogP contribution >= 0.6 is 11.3 Å². The number of thiophene rings is 1. The first-order valence-electron chi connectivity index (χ1n) is 8.42. The first kappa shape index (κ1) is 17.0. The van der Waals surface area contributed by atoms with E-state index in [2.05, 4.69) is 0 Å². The highest BCUT2D eigenvalue weighted by atomic mass is 32.2. The molecule has 1 aromatic heterocycles. The van der Waals surface area contributed by atoms with Gasteiger partial charge in [0.1, 0.15) is 4.21 Å². The first-order valence-corrected chi connectivity index (χ1v) is 10.7. The van der Waals surface area contributed by atoms with E-state index < -0.39 is 16.0 Å². The van der Waals surface area contributed by atoms with Crippen LogP contribution in [0.1, 0.15) is 36.0 Å². The number of aromatic carboxylic acids is 1. The van der Waals surface area contributed by atoms with E-state index in [1.165, 1.54) is 28.6 Å². The summed E-state index contributed by atoms with van der Waals surface area (Å²) in [6.45, 7) is 1.32. The van der Waals surface area contributed by atoms with E-state index in [1.54, 1.807) is 4.90 Å². The number of sulfonamides is 1. The van der Waals surface area contributed by atoms with Crippen molar-refractivity contribution in [2.75, 3.05) is 26.2 Å². The summed E-state index contributed by atoms with van der Waals surface area (Å²) < 4.78 is 26.7. The number of hydrogen-bond acceptors (Lipinski definition) is 5. The molecule has 3 aliphatic rings. The fourth-order valence-electron chi connectivity index (χ4n) is 3.84. The average molecular weight is 384 g/mol. The summed E-state index contributed by atoms with van der Waals surface area (Å²) in [6, 6.07) is 1.20. The number of nitrogens with zero attached hydrogens (tertiary/aromatic N) is 2. The van der Waals surface area contributed by atoms with Gasteiger partial charge in [-0.05, 0) is 37.2 Å². The van der Waals surface area contributed by atoms with Gasteiger partial charge in [-0.3, -0.25) is 4.79 Å². The van der Waals surface area contributed by atoms with Crippen LogP contribution in [0.2, 0.25) is 0 Å². The number of carbonyl (C=O) groups is 2. The number of carboxylic acids is 1. The zero-order chi connectivity index (χ0) is 17.8. The smallest absolute Gasteiger partial charge is 0.336 e. The van der Waals surface area contributed by atoms with Gasteiger partial charge >= 0.3 is 5.97 Å². The summed E-state index contributed by atoms with van der Waals surface area (Å²) >= 11 is 0.919. The van der Waals surface area contributed by atoms with Crippen molar-refractivity contribution in [3.8, 4) is 0 Å². The lowest BCUT2D eigenvalue weighted by molar-refractivity contribution is -0.141. The second kappa shape index (κ2) is 5.78. The summed E-state index contributed by atoms with van der Waals surface area (Å²) in [7, 11) is -3.69. The maximum atomic E-state index is 12.6. The molecule has 9 heteroatoms. The summed E-state index contributed by atoms with van der Waals surface area (Å²) in [5.74, 6) is -0.845. The maximum Gasteiger partial charge on any atom is 0.336 e. The van der Waals surface area contributed by atoms with Crippen LogP contribution < -0.4 is 0 Å². The van der Waals surface area contributed by atoms with Gasteiger partial charge in [-0.2, -0.15) is 4.31 Å². The Balaban J connectivity index is 1.37. The van der Waals surface area contributed by atoms with Crippen molar-refractivity contribution in [2.45, 2.75) is 29.9 Å². The second-order valence-electron chi connectivity index (χ2n) is 7.29. The Labute approximate surface area is 150 Å². The molecule has 0 bridgehead atoms. The third-order valence-electron chi connectivity index (χ3n) is 5.63. The molecule has 1 saturated heterocycles. The number of carboxylic acid groups (broad SMARTS) is 1. The Bertz CT molecular complexity index is 811. The van der Waals surface area contributed by atoms with Crippen molar-refractivity contribution in [1.29, 1.82) is 0 Å². The maximum absolute atomic E-state index is 12.6. The van der Waals surface area contributed by atoms with Gasteiger partial charge in [-0.15, -0.1) is 11.3 Å². The van der Waals surface area contributed by atoms with Crippen LogP contribution in [-0.4, -0.2) is 60.8 Å². The van der Waals surface area contributed by atoms with Crippen LogP contribution in [0.15, 0.2) is 15.7 Å². The molecule has 3 fully saturated rings. The van der Waals surface area contributed by atoms with Gasteiger partial charge in [-0.1, -0.05) is 0 Å². The highest BCUT2D eigenvalue weighted by molar-refractivity contribution is 7.91. The molecule has 0 atom stereocenters. The summed E-state index contributed by atoms with van der Waals surface area (Å²) in [6.07, 6.45) is 4.50. The van der Waals surface area contributed by atoms with Crippen molar-refractivity contribution in [3.63, 3.8) is 0 Å². The topological polar surface area (TPSA) is 95.0 Å². The zero-order valence-electron chi connectivity index (χ0n) is 13.7. The van der Waals surface area contributed by atoms with E-state index in [-0.39, 0.29) is 34.7 Å². The van der Waals surface area contributed by atoms with Crippen molar-refractivity contribution in [3.05, 3.63) is 17.0 Å². The van der Waals surface area contributed by atoms with E-state index in [9.17, 15) is 18.0 Å². The molecule has 7 nitrogen and oxygen atoms in total. The fraction of sp³-hybridized carbons (Fsp3) is 0.625. The minimum Gasteiger partial charge on any atom is -0.478 e. The highest BCUT2D eigenvalue weighted by Crippen LogP contribution is 2.63. The van der Waals surface area contributed by atoms with Crippen molar-refractivity contribution in [1.82, 2.24) is 9.21 Å². The van der Waals surface area contributed by atoms with Gasteiger partial charge in [0.2, 0.25) is 5.91 Å². The van der Waals surface area contributed by atoms with Gasteiger partial charge in [0, 0.05) is 37.5 Å². The Hall–Kier alpha value is -1.45. The first-order chi connectivity index (χ1) is 11.8.